The van der Waals surface area contributed by atoms with Gasteiger partial charge in [-0.25, -0.2) is 4.39 Å². The van der Waals surface area contributed by atoms with Crippen molar-refractivity contribution in [2.24, 2.45) is 0 Å². The van der Waals surface area contributed by atoms with Crippen LogP contribution in [0.5, 0.6) is 0 Å². The van der Waals surface area contributed by atoms with E-state index in [-0.39, 0.29) is 5.82 Å². The summed E-state index contributed by atoms with van der Waals surface area (Å²) in [6, 6.07) is 10.5. The van der Waals surface area contributed by atoms with E-state index in [9.17, 15) is 4.39 Å². The van der Waals surface area contributed by atoms with Crippen molar-refractivity contribution < 1.29 is 4.39 Å². The van der Waals surface area contributed by atoms with Crippen LogP contribution in [0, 0.1) is 17.7 Å². The van der Waals surface area contributed by atoms with E-state index in [4.69, 9.17) is 0 Å². The number of aromatic nitrogens is 1. The zero-order valence-corrected chi connectivity index (χ0v) is 15.6. The smallest absolute Gasteiger partial charge is 0.123 e. The second-order valence-corrected chi connectivity index (χ2v) is 6.71. The molecule has 0 atom stereocenters. The highest BCUT2D eigenvalue weighted by Crippen LogP contribution is 2.39. The Morgan fingerprint density at radius 2 is 1.85 bits per heavy atom. The van der Waals surface area contributed by atoms with E-state index >= 15 is 0 Å². The molecule has 0 unspecified atom stereocenters. The Hall–Kier alpha value is -3.22. The third-order valence-corrected chi connectivity index (χ3v) is 4.90. The fourth-order valence-electron chi connectivity index (χ4n) is 2.58. The summed E-state index contributed by atoms with van der Waals surface area (Å²) in [7, 11) is 0. The largest absolute Gasteiger partial charge is 0.265 e. The first kappa shape index (κ1) is 18.6. The summed E-state index contributed by atoms with van der Waals surface area (Å²) in [5, 5.41) is 2.05. The van der Waals surface area contributed by atoms with Crippen molar-refractivity contribution in [3.05, 3.63) is 103 Å². The summed E-state index contributed by atoms with van der Waals surface area (Å²) in [6.07, 6.45) is 9.59. The van der Waals surface area contributed by atoms with Gasteiger partial charge in [-0.2, -0.15) is 0 Å². The maximum absolute atomic E-state index is 13.3. The number of pyridine rings is 1. The molecule has 0 aliphatic rings. The molecule has 0 saturated carbocycles. The Morgan fingerprint density at radius 1 is 1.11 bits per heavy atom. The van der Waals surface area contributed by atoms with Gasteiger partial charge in [-0.1, -0.05) is 55.4 Å². The first-order valence-electron chi connectivity index (χ1n) is 8.42. The second-order valence-electron chi connectivity index (χ2n) is 5.83. The van der Waals surface area contributed by atoms with Crippen LogP contribution in [-0.4, -0.2) is 4.98 Å². The highest BCUT2D eigenvalue weighted by atomic mass is 32.1. The third kappa shape index (κ3) is 4.69. The number of hydrogen-bond donors (Lipinski definition) is 0. The fourth-order valence-corrected chi connectivity index (χ4v) is 3.62. The van der Waals surface area contributed by atoms with Crippen molar-refractivity contribution in [2.45, 2.75) is 6.42 Å². The summed E-state index contributed by atoms with van der Waals surface area (Å²) >= 11 is 1.61. The molecule has 0 amide bonds. The molecule has 3 rings (SSSR count). The van der Waals surface area contributed by atoms with Crippen LogP contribution in [0.25, 0.3) is 21.6 Å². The number of thiophene rings is 1. The molecule has 0 aliphatic heterocycles. The molecule has 0 radical (unpaired) electrons. The van der Waals surface area contributed by atoms with Gasteiger partial charge < -0.3 is 0 Å². The van der Waals surface area contributed by atoms with Gasteiger partial charge in [0.25, 0.3) is 0 Å². The summed E-state index contributed by atoms with van der Waals surface area (Å²) in [4.78, 5) is 5.17. The highest BCUT2D eigenvalue weighted by molar-refractivity contribution is 7.14. The van der Waals surface area contributed by atoms with Crippen molar-refractivity contribution >= 4 is 11.3 Å². The lowest BCUT2D eigenvalue weighted by molar-refractivity contribution is 0.628. The van der Waals surface area contributed by atoms with Crippen molar-refractivity contribution in [1.29, 1.82) is 0 Å². The zero-order chi connectivity index (χ0) is 19.1. The van der Waals surface area contributed by atoms with Crippen molar-refractivity contribution in [1.82, 2.24) is 4.98 Å². The molecule has 132 valence electrons. The molecule has 1 aromatic carbocycles. The van der Waals surface area contributed by atoms with E-state index in [1.165, 1.54) is 12.1 Å². The summed E-state index contributed by atoms with van der Waals surface area (Å²) in [5.41, 5.74) is 4.95. The molecule has 3 heteroatoms. The topological polar surface area (TPSA) is 12.9 Å². The third-order valence-electron chi connectivity index (χ3n) is 3.87. The molecular weight excluding hydrogens is 353 g/mol. The number of rotatable bonds is 5. The molecule has 2 heterocycles. The van der Waals surface area contributed by atoms with E-state index in [0.717, 1.165) is 32.7 Å². The first-order chi connectivity index (χ1) is 13.2. The summed E-state index contributed by atoms with van der Waals surface area (Å²) in [6.45, 7) is 7.64. The Kier molecular flexibility index (Phi) is 6.14. The lowest BCUT2D eigenvalue weighted by Gasteiger charge is -2.06. The minimum atomic E-state index is -0.244. The number of allylic oxidation sites excluding steroid dienone is 4. The van der Waals surface area contributed by atoms with Crippen LogP contribution in [0.15, 0.2) is 91.1 Å². The van der Waals surface area contributed by atoms with Gasteiger partial charge in [-0.05, 0) is 41.0 Å². The number of nitrogens with zero attached hydrogens (tertiary/aromatic N) is 1. The Bertz CT molecular complexity index is 1030. The minimum absolute atomic E-state index is 0.244. The maximum atomic E-state index is 13.3. The van der Waals surface area contributed by atoms with Gasteiger partial charge in [-0.3, -0.25) is 4.98 Å². The Morgan fingerprint density at radius 3 is 2.56 bits per heavy atom. The molecule has 0 bridgehead atoms. The molecule has 0 saturated heterocycles. The first-order valence-corrected chi connectivity index (χ1v) is 9.30. The van der Waals surface area contributed by atoms with Crippen LogP contribution in [0.4, 0.5) is 4.39 Å². The Labute approximate surface area is 163 Å². The monoisotopic (exact) mass is 371 g/mol. The molecule has 2 aromatic heterocycles. The van der Waals surface area contributed by atoms with Gasteiger partial charge in [0.15, 0.2) is 0 Å². The molecule has 1 nitrogen and oxygen atoms in total. The van der Waals surface area contributed by atoms with Gasteiger partial charge in [0.1, 0.15) is 5.82 Å². The Balaban J connectivity index is 2.00. The number of hydrogen-bond acceptors (Lipinski definition) is 2. The van der Waals surface area contributed by atoms with Crippen LogP contribution in [0.2, 0.25) is 0 Å². The molecule has 0 fully saturated rings. The van der Waals surface area contributed by atoms with Crippen LogP contribution in [-0.2, 0) is 0 Å². The van der Waals surface area contributed by atoms with E-state index in [1.807, 2.05) is 29.7 Å². The standard InChI is InChI=1S/C24H18FNS/c1-3-4-6-18(2)7-5-8-21-17-27-24(20-9-11-22(25)12-10-20)23(21)19-13-15-26-16-14-19/h3-4,6,9-17H,1-2,7H2/b6-4-. The lowest BCUT2D eigenvalue weighted by atomic mass is 9.99. The molecule has 0 N–H and O–H groups in total. The zero-order valence-electron chi connectivity index (χ0n) is 14.8. The van der Waals surface area contributed by atoms with Crippen LogP contribution in [0.3, 0.4) is 0 Å². The van der Waals surface area contributed by atoms with E-state index < -0.39 is 0 Å². The van der Waals surface area contributed by atoms with Crippen LogP contribution < -0.4 is 0 Å². The van der Waals surface area contributed by atoms with Crippen molar-refractivity contribution in [3.63, 3.8) is 0 Å². The molecule has 0 spiro atoms. The summed E-state index contributed by atoms with van der Waals surface area (Å²) < 4.78 is 13.3. The van der Waals surface area contributed by atoms with E-state index in [2.05, 4.69) is 30.0 Å². The minimum Gasteiger partial charge on any atom is -0.265 e. The fraction of sp³-hybridized carbons (Fsp3) is 0.0417. The predicted molar refractivity (Wildman–Crippen MR) is 113 cm³/mol. The second kappa shape index (κ2) is 8.93. The van der Waals surface area contributed by atoms with Gasteiger partial charge >= 0.3 is 0 Å². The molecule has 0 aliphatic carbocycles. The maximum Gasteiger partial charge on any atom is 0.123 e. The lowest BCUT2D eigenvalue weighted by Crippen LogP contribution is -1.84. The van der Waals surface area contributed by atoms with Crippen molar-refractivity contribution in [2.75, 3.05) is 0 Å². The number of benzene rings is 1. The molecular formula is C24H18FNS. The van der Waals surface area contributed by atoms with E-state index in [1.54, 1.807) is 41.9 Å². The van der Waals surface area contributed by atoms with Gasteiger partial charge in [0.2, 0.25) is 0 Å². The van der Waals surface area contributed by atoms with E-state index in [0.29, 0.717) is 6.42 Å². The van der Waals surface area contributed by atoms with Gasteiger partial charge in [-0.15, -0.1) is 11.3 Å². The van der Waals surface area contributed by atoms with Gasteiger partial charge in [0, 0.05) is 40.2 Å². The predicted octanol–water partition coefficient (Wildman–Crippen LogP) is 6.66. The SMILES string of the molecule is C=C/C=C\C(=C)CC#Cc1csc(-c2ccc(F)cc2)c1-c1ccncc1. The normalized spacial score (nSPS) is 10.4. The molecule has 3 aromatic rings. The highest BCUT2D eigenvalue weighted by Gasteiger charge is 2.14. The van der Waals surface area contributed by atoms with Gasteiger partial charge in [0.05, 0.1) is 0 Å². The average molecular weight is 371 g/mol. The van der Waals surface area contributed by atoms with Crippen molar-refractivity contribution in [3.8, 4) is 33.4 Å². The average Bonchev–Trinajstić information content (AvgIpc) is 3.11. The van der Waals surface area contributed by atoms with Crippen LogP contribution >= 0.6 is 11.3 Å². The van der Waals surface area contributed by atoms with Crippen LogP contribution in [0.1, 0.15) is 12.0 Å². The molecule has 27 heavy (non-hydrogen) atoms. The number of halogens is 1. The summed E-state index contributed by atoms with van der Waals surface area (Å²) in [5.74, 6) is 6.21. The quantitative estimate of drug-likeness (QED) is 0.361.